The number of hydrogen-bond donors (Lipinski definition) is 2. The Morgan fingerprint density at radius 1 is 1.21 bits per heavy atom. The standard InChI is InChI=1S/C21H25FN2O3S/c1-14-4-3-5-17(8-14)18-9-15(2)21(22)19(10-18)20(25)12-24-28(26,27)13-16-6-7-23-11-16/h3-5,8-10,16,23-24H,6-7,11-13H2,1-2H3. The molecule has 150 valence electrons. The van der Waals surface area contributed by atoms with Gasteiger partial charge in [-0.1, -0.05) is 29.8 Å². The van der Waals surface area contributed by atoms with Crippen molar-refractivity contribution in [2.75, 3.05) is 25.4 Å². The van der Waals surface area contributed by atoms with Crippen LogP contribution in [0.15, 0.2) is 36.4 Å². The van der Waals surface area contributed by atoms with Crippen LogP contribution in [-0.4, -0.2) is 39.6 Å². The molecule has 0 amide bonds. The Hall–Kier alpha value is -2.09. The molecule has 0 aromatic heterocycles. The zero-order valence-corrected chi connectivity index (χ0v) is 16.9. The lowest BCUT2D eigenvalue weighted by molar-refractivity contribution is 0.0993. The molecule has 2 aromatic rings. The molecular formula is C21H25FN2O3S. The van der Waals surface area contributed by atoms with Gasteiger partial charge in [-0.25, -0.2) is 17.5 Å². The molecule has 0 saturated carbocycles. The predicted octanol–water partition coefficient (Wildman–Crippen LogP) is 2.82. The first-order chi connectivity index (χ1) is 13.2. The van der Waals surface area contributed by atoms with Gasteiger partial charge in [0, 0.05) is 0 Å². The molecule has 0 radical (unpaired) electrons. The van der Waals surface area contributed by atoms with Crippen molar-refractivity contribution in [1.29, 1.82) is 0 Å². The fourth-order valence-electron chi connectivity index (χ4n) is 3.46. The van der Waals surface area contributed by atoms with E-state index in [0.29, 0.717) is 12.1 Å². The van der Waals surface area contributed by atoms with Crippen molar-refractivity contribution < 1.29 is 17.6 Å². The molecule has 28 heavy (non-hydrogen) atoms. The zero-order valence-electron chi connectivity index (χ0n) is 16.1. The highest BCUT2D eigenvalue weighted by Crippen LogP contribution is 2.26. The van der Waals surface area contributed by atoms with Gasteiger partial charge in [0.1, 0.15) is 5.82 Å². The van der Waals surface area contributed by atoms with Crippen LogP contribution in [0.25, 0.3) is 11.1 Å². The van der Waals surface area contributed by atoms with Gasteiger partial charge in [0.25, 0.3) is 0 Å². The van der Waals surface area contributed by atoms with Gasteiger partial charge in [-0.05, 0) is 68.1 Å². The maximum atomic E-state index is 14.6. The topological polar surface area (TPSA) is 75.3 Å². The van der Waals surface area contributed by atoms with Crippen molar-refractivity contribution in [3.05, 3.63) is 58.9 Å². The molecule has 2 N–H and O–H groups in total. The molecular weight excluding hydrogens is 379 g/mol. The number of ketones is 1. The summed E-state index contributed by atoms with van der Waals surface area (Å²) in [6.45, 7) is 4.57. The third kappa shape index (κ3) is 5.04. The van der Waals surface area contributed by atoms with E-state index in [-0.39, 0.29) is 17.2 Å². The van der Waals surface area contributed by atoms with Crippen LogP contribution >= 0.6 is 0 Å². The van der Waals surface area contributed by atoms with E-state index in [2.05, 4.69) is 10.0 Å². The summed E-state index contributed by atoms with van der Waals surface area (Å²) in [6, 6.07) is 10.9. The fraction of sp³-hybridized carbons (Fsp3) is 0.381. The van der Waals surface area contributed by atoms with Gasteiger partial charge in [0.15, 0.2) is 5.78 Å². The third-order valence-electron chi connectivity index (χ3n) is 4.98. The molecule has 7 heteroatoms. The van der Waals surface area contributed by atoms with Crippen molar-refractivity contribution >= 4 is 15.8 Å². The van der Waals surface area contributed by atoms with Gasteiger partial charge >= 0.3 is 0 Å². The third-order valence-corrected chi connectivity index (χ3v) is 6.47. The lowest BCUT2D eigenvalue weighted by Gasteiger charge is -2.12. The first-order valence-electron chi connectivity index (χ1n) is 9.33. The lowest BCUT2D eigenvalue weighted by Crippen LogP contribution is -2.34. The number of halogens is 1. The lowest BCUT2D eigenvalue weighted by atomic mass is 9.97. The minimum absolute atomic E-state index is 0.0296. The first kappa shape index (κ1) is 20.6. The van der Waals surface area contributed by atoms with E-state index in [0.717, 1.165) is 29.7 Å². The summed E-state index contributed by atoms with van der Waals surface area (Å²) in [5.41, 5.74) is 2.92. The molecule has 1 aliphatic heterocycles. The van der Waals surface area contributed by atoms with Gasteiger partial charge < -0.3 is 5.32 Å². The number of Topliss-reactive ketones (excluding diaryl/α,β-unsaturated/α-hetero) is 1. The molecule has 0 spiro atoms. The van der Waals surface area contributed by atoms with Crippen LogP contribution in [0.4, 0.5) is 4.39 Å². The zero-order chi connectivity index (χ0) is 20.3. The molecule has 2 aromatic carbocycles. The number of nitrogens with one attached hydrogen (secondary N) is 2. The second-order valence-corrected chi connectivity index (χ2v) is 9.26. The highest BCUT2D eigenvalue weighted by Gasteiger charge is 2.24. The van der Waals surface area contributed by atoms with Crippen molar-refractivity contribution in [2.45, 2.75) is 20.3 Å². The number of sulfonamides is 1. The summed E-state index contributed by atoms with van der Waals surface area (Å²) < 4.78 is 41.3. The number of carbonyl (C=O) groups is 1. The molecule has 0 bridgehead atoms. The van der Waals surface area contributed by atoms with Crippen molar-refractivity contribution in [2.24, 2.45) is 5.92 Å². The largest absolute Gasteiger partial charge is 0.316 e. The monoisotopic (exact) mass is 404 g/mol. The van der Waals surface area contributed by atoms with Crippen LogP contribution in [0.2, 0.25) is 0 Å². The van der Waals surface area contributed by atoms with Gasteiger partial charge in [0.2, 0.25) is 10.0 Å². The molecule has 1 atom stereocenters. The molecule has 1 saturated heterocycles. The minimum Gasteiger partial charge on any atom is -0.316 e. The highest BCUT2D eigenvalue weighted by atomic mass is 32.2. The Labute approximate surface area is 165 Å². The molecule has 0 aliphatic carbocycles. The van der Waals surface area contributed by atoms with E-state index in [4.69, 9.17) is 0 Å². The maximum absolute atomic E-state index is 14.6. The van der Waals surface area contributed by atoms with E-state index in [9.17, 15) is 17.6 Å². The summed E-state index contributed by atoms with van der Waals surface area (Å²) in [6.07, 6.45) is 0.793. The number of carbonyl (C=O) groups excluding carboxylic acids is 1. The average molecular weight is 405 g/mol. The minimum atomic E-state index is -3.59. The first-order valence-corrected chi connectivity index (χ1v) is 11.0. The normalized spacial score (nSPS) is 17.0. The van der Waals surface area contributed by atoms with E-state index in [1.54, 1.807) is 13.0 Å². The van der Waals surface area contributed by atoms with Crippen LogP contribution in [0.1, 0.15) is 27.9 Å². The van der Waals surface area contributed by atoms with Gasteiger partial charge in [0.05, 0.1) is 17.9 Å². The summed E-state index contributed by atoms with van der Waals surface area (Å²) >= 11 is 0. The molecule has 5 nitrogen and oxygen atoms in total. The average Bonchev–Trinajstić information content (AvgIpc) is 3.14. The second kappa shape index (κ2) is 8.51. The van der Waals surface area contributed by atoms with Gasteiger partial charge in [-0.3, -0.25) is 4.79 Å². The number of benzene rings is 2. The van der Waals surface area contributed by atoms with Gasteiger partial charge in [-0.15, -0.1) is 0 Å². The number of rotatable bonds is 7. The van der Waals surface area contributed by atoms with Crippen molar-refractivity contribution in [3.8, 4) is 11.1 Å². The molecule has 1 aliphatic rings. The number of aryl methyl sites for hydroxylation is 2. The van der Waals surface area contributed by atoms with E-state index >= 15 is 0 Å². The summed E-state index contributed by atoms with van der Waals surface area (Å²) in [5, 5.41) is 3.12. The maximum Gasteiger partial charge on any atom is 0.212 e. The quantitative estimate of drug-likeness (QED) is 0.696. The van der Waals surface area contributed by atoms with E-state index in [1.165, 1.54) is 6.07 Å². The smallest absolute Gasteiger partial charge is 0.212 e. The Kier molecular flexibility index (Phi) is 6.27. The Balaban J connectivity index is 1.77. The number of hydrogen-bond acceptors (Lipinski definition) is 4. The SMILES string of the molecule is Cc1cccc(-c2cc(C)c(F)c(C(=O)CNS(=O)(=O)CC3CCNC3)c2)c1. The predicted molar refractivity (Wildman–Crippen MR) is 108 cm³/mol. The summed E-state index contributed by atoms with van der Waals surface area (Å²) in [5.74, 6) is -1.18. The van der Waals surface area contributed by atoms with Crippen LogP contribution < -0.4 is 10.0 Å². The molecule has 3 rings (SSSR count). The van der Waals surface area contributed by atoms with Crippen LogP contribution in [0, 0.1) is 25.6 Å². The molecule has 1 unspecified atom stereocenters. The molecule has 1 fully saturated rings. The summed E-state index contributed by atoms with van der Waals surface area (Å²) in [4.78, 5) is 12.6. The van der Waals surface area contributed by atoms with E-state index < -0.39 is 28.2 Å². The Morgan fingerprint density at radius 2 is 2.00 bits per heavy atom. The van der Waals surface area contributed by atoms with Crippen LogP contribution in [0.3, 0.4) is 0 Å². The fourth-order valence-corrected chi connectivity index (χ4v) is 4.83. The van der Waals surface area contributed by atoms with Crippen LogP contribution in [0.5, 0.6) is 0 Å². The Morgan fingerprint density at radius 3 is 2.68 bits per heavy atom. The summed E-state index contributed by atoms with van der Waals surface area (Å²) in [7, 11) is -3.59. The van der Waals surface area contributed by atoms with E-state index in [1.807, 2.05) is 31.2 Å². The Bertz CT molecular complexity index is 983. The second-order valence-electron chi connectivity index (χ2n) is 7.41. The molecule has 1 heterocycles. The highest BCUT2D eigenvalue weighted by molar-refractivity contribution is 7.89. The van der Waals surface area contributed by atoms with Gasteiger partial charge in [-0.2, -0.15) is 0 Å². The van der Waals surface area contributed by atoms with Crippen LogP contribution in [-0.2, 0) is 10.0 Å². The van der Waals surface area contributed by atoms with Crippen molar-refractivity contribution in [3.63, 3.8) is 0 Å². The van der Waals surface area contributed by atoms with Crippen molar-refractivity contribution in [1.82, 2.24) is 10.0 Å².